The lowest BCUT2D eigenvalue weighted by Crippen LogP contribution is -2.01. The number of nitrogens with zero attached hydrogens (tertiary/aromatic N) is 6. The molecule has 30 rings (SSSR count). The van der Waals surface area contributed by atoms with Crippen LogP contribution in [0.1, 0.15) is 52.6 Å². The molecular weight excluding hydrogens is 1110 g/mol. The molecule has 6 aromatic carbocycles. The molecule has 0 unspecified atom stereocenters. The van der Waals surface area contributed by atoms with Crippen LogP contribution in [0.4, 0.5) is 0 Å². The minimum absolute atomic E-state index is 0.194. The summed E-state index contributed by atoms with van der Waals surface area (Å²) >= 11 is 28.6. The fraction of sp³-hybridized carbons (Fsp3) is 0.200. The zero-order valence-electron chi connectivity index (χ0n) is 41.7. The Hall–Kier alpha value is -6.90. The summed E-state index contributed by atoms with van der Waals surface area (Å²) < 4.78 is 38.1. The van der Waals surface area contributed by atoms with Crippen LogP contribution < -0.4 is 28.4 Å². The van der Waals surface area contributed by atoms with Crippen LogP contribution in [0, 0.1) is 0 Å². The Morgan fingerprint density at radius 2 is 0.359 bits per heavy atom. The lowest BCUT2D eigenvalue weighted by atomic mass is 10.1. The molecule has 0 atom stereocenters. The second-order valence-electron chi connectivity index (χ2n) is 17.9. The lowest BCUT2D eigenvalue weighted by Gasteiger charge is -2.14. The molecule has 18 aliphatic heterocycles. The summed E-state index contributed by atoms with van der Waals surface area (Å²) in [6, 6.07) is 47.9. The molecule has 0 amide bonds. The predicted octanol–water partition coefficient (Wildman–Crippen LogP) is 17.9. The lowest BCUT2D eigenvalue weighted by molar-refractivity contribution is 0.420. The molecule has 0 radical (unpaired) electrons. The molecule has 21 aliphatic rings. The van der Waals surface area contributed by atoms with Gasteiger partial charge in [-0.1, -0.05) is 72.8 Å². The first-order valence-corrected chi connectivity index (χ1v) is 28.3. The molecule has 0 saturated heterocycles. The minimum Gasteiger partial charge on any atom is -0.437 e. The molecule has 21 heterocycles. The average Bonchev–Trinajstić information content (AvgIpc) is 4.32. The molecule has 0 spiro atoms. The Balaban J connectivity index is 0.000000718. The van der Waals surface area contributed by atoms with Crippen LogP contribution in [0.5, 0.6) is 69.8 Å². The summed E-state index contributed by atoms with van der Waals surface area (Å²) in [5.41, 5.74) is 12.4. The first-order valence-electron chi connectivity index (χ1n) is 25.0. The highest BCUT2D eigenvalue weighted by Gasteiger charge is 2.27. The van der Waals surface area contributed by atoms with Crippen LogP contribution in [0.25, 0.3) is 33.4 Å². The van der Waals surface area contributed by atoms with Crippen LogP contribution in [0.2, 0.25) is 0 Å². The first kappa shape index (κ1) is 54.5. The van der Waals surface area contributed by atoms with Gasteiger partial charge in [0.05, 0.1) is 16.0 Å². The third-order valence-electron chi connectivity index (χ3n) is 13.3. The molecule has 0 fully saturated rings. The monoisotopic (exact) mass is 1160 g/mol. The van der Waals surface area contributed by atoms with Crippen LogP contribution in [-0.4, -0.2) is 46.6 Å². The van der Waals surface area contributed by atoms with Gasteiger partial charge in [0.2, 0.25) is 35.3 Å². The molecule has 0 N–H and O–H groups in total. The highest BCUT2D eigenvalue weighted by molar-refractivity contribution is 6.41. The number of rotatable bonds is 0. The normalized spacial score (nSPS) is 13.3. The van der Waals surface area contributed by atoms with E-state index in [9.17, 15) is 0 Å². The van der Waals surface area contributed by atoms with Gasteiger partial charge in [-0.2, -0.15) is 0 Å². The summed E-state index contributed by atoms with van der Waals surface area (Å²) in [7, 11) is 0. The molecule has 18 bridgehead atoms. The van der Waals surface area contributed by atoms with Crippen molar-refractivity contribution in [3.05, 3.63) is 179 Å². The van der Waals surface area contributed by atoms with Crippen LogP contribution in [0.15, 0.2) is 146 Å². The maximum Gasteiger partial charge on any atom is 0.242 e. The number of hydrogen-bond acceptors (Lipinski definition) is 12. The van der Waals surface area contributed by atoms with Crippen molar-refractivity contribution in [3.8, 4) is 103 Å². The van der Waals surface area contributed by atoms with Crippen LogP contribution in [0.3, 0.4) is 0 Å². The van der Waals surface area contributed by atoms with Gasteiger partial charge < -0.3 is 28.4 Å². The van der Waals surface area contributed by atoms with E-state index in [1.54, 1.807) is 0 Å². The molecule has 9 aromatic rings. The molecule has 3 aromatic heterocycles. The third kappa shape index (κ3) is 12.8. The molecule has 12 nitrogen and oxygen atoms in total. The van der Waals surface area contributed by atoms with E-state index >= 15 is 0 Å². The standard InChI is InChI=1S/C57H42N6O6.3CH2Cl2/c1-4-46-47(5-1)53-59-58-52(46)64-40-22-10-34(11-23-40)36-14-26-42(27-15-36)66-54-48-6-2-8-50(48)56(62-60-54)68-44-30-18-38(19-31-44)39-20-32-45(33-21-39)69-57-51-9-3-7-49(51)55(61-63-57)67-43-28-16-37(17-29-43)35-12-24-41(65-53)25-13-35;3*2-1-3/h10-33H,1-9H2;3*1H2. The highest BCUT2D eigenvalue weighted by Crippen LogP contribution is 2.42. The Kier molecular flexibility index (Phi) is 18.3. The van der Waals surface area contributed by atoms with Crippen LogP contribution in [-0.2, 0) is 38.5 Å². The zero-order chi connectivity index (χ0) is 53.8. The third-order valence-corrected chi connectivity index (χ3v) is 13.3. The van der Waals surface area contributed by atoms with Gasteiger partial charge in [0.25, 0.3) is 0 Å². The van der Waals surface area contributed by atoms with E-state index in [4.69, 9.17) is 98.0 Å². The summed E-state index contributed by atoms with van der Waals surface area (Å²) in [5, 5.41) is 27.6. The Labute approximate surface area is 481 Å². The van der Waals surface area contributed by atoms with Crippen molar-refractivity contribution in [2.24, 2.45) is 0 Å². The Morgan fingerprint density at radius 3 is 0.487 bits per heavy atom. The predicted molar refractivity (Wildman–Crippen MR) is 308 cm³/mol. The van der Waals surface area contributed by atoms with Gasteiger partial charge >= 0.3 is 0 Å². The molecule has 0 saturated carbocycles. The first-order chi connectivity index (χ1) is 38.3. The quantitative estimate of drug-likeness (QED) is 0.134. The van der Waals surface area contributed by atoms with E-state index in [0.717, 1.165) is 125 Å². The molecular formula is C60H48Cl6N6O6. The van der Waals surface area contributed by atoms with Gasteiger partial charge in [-0.05, 0) is 164 Å². The van der Waals surface area contributed by atoms with E-state index < -0.39 is 0 Å². The molecule has 78 heavy (non-hydrogen) atoms. The number of halogens is 6. The Morgan fingerprint density at radius 1 is 0.231 bits per heavy atom. The van der Waals surface area contributed by atoms with Gasteiger partial charge in [-0.3, -0.25) is 0 Å². The number of ether oxygens (including phenoxy) is 6. The summed E-state index contributed by atoms with van der Waals surface area (Å²) in [5.74, 6) is 7.13. The minimum atomic E-state index is 0.194. The van der Waals surface area contributed by atoms with Gasteiger partial charge in [0.15, 0.2) is 0 Å². The van der Waals surface area contributed by atoms with Gasteiger partial charge in [-0.15, -0.1) is 100 Å². The van der Waals surface area contributed by atoms with Crippen molar-refractivity contribution in [2.75, 3.05) is 16.0 Å². The molecule has 3 aliphatic carbocycles. The van der Waals surface area contributed by atoms with E-state index in [0.29, 0.717) is 69.8 Å². The van der Waals surface area contributed by atoms with E-state index in [2.05, 4.69) is 30.6 Å². The van der Waals surface area contributed by atoms with Crippen molar-refractivity contribution >= 4 is 69.6 Å². The van der Waals surface area contributed by atoms with Crippen molar-refractivity contribution in [1.82, 2.24) is 30.6 Å². The number of alkyl halides is 6. The second kappa shape index (κ2) is 26.2. The van der Waals surface area contributed by atoms with Gasteiger partial charge in [0, 0.05) is 33.4 Å². The second-order valence-corrected chi connectivity index (χ2v) is 20.3. The maximum atomic E-state index is 6.34. The highest BCUT2D eigenvalue weighted by atomic mass is 35.5. The Bertz CT molecular complexity index is 2880. The van der Waals surface area contributed by atoms with Crippen LogP contribution >= 0.6 is 69.6 Å². The van der Waals surface area contributed by atoms with Gasteiger partial charge in [-0.25, -0.2) is 0 Å². The molecule has 18 heteroatoms. The fourth-order valence-electron chi connectivity index (χ4n) is 9.74. The topological polar surface area (TPSA) is 133 Å². The maximum absolute atomic E-state index is 6.34. The summed E-state index contributed by atoms with van der Waals surface area (Å²) in [6.07, 6.45) is 7.95. The molecule has 396 valence electrons. The number of hydrogen-bond donors (Lipinski definition) is 0. The zero-order valence-corrected chi connectivity index (χ0v) is 46.3. The fourth-order valence-corrected chi connectivity index (χ4v) is 9.74. The SMILES string of the molecule is ClCCl.ClCCl.ClCCl.c1cc2ccc1Oc1nnc(c3c1CCC3)Oc1ccc(cc1)-c1ccc(cc1)Oc1nnc(c3c1CCC3)Oc1ccc(cc1)-c1ccc(cc1)Oc1nnc(c3c1CCC3)Oc1ccc-2cc1. The van der Waals surface area contributed by atoms with E-state index in [1.807, 2.05) is 146 Å². The number of benzene rings is 6. The van der Waals surface area contributed by atoms with E-state index in [-0.39, 0.29) is 16.0 Å². The van der Waals surface area contributed by atoms with Crippen molar-refractivity contribution in [1.29, 1.82) is 0 Å². The van der Waals surface area contributed by atoms with Crippen molar-refractivity contribution in [2.45, 2.75) is 57.8 Å². The van der Waals surface area contributed by atoms with E-state index in [1.165, 1.54) is 0 Å². The smallest absolute Gasteiger partial charge is 0.242 e. The average molecular weight is 1160 g/mol. The van der Waals surface area contributed by atoms with Gasteiger partial charge in [0.1, 0.15) is 34.5 Å². The number of aromatic nitrogens is 6. The van der Waals surface area contributed by atoms with Crippen molar-refractivity contribution < 1.29 is 28.4 Å². The van der Waals surface area contributed by atoms with Crippen molar-refractivity contribution in [3.63, 3.8) is 0 Å². The largest absolute Gasteiger partial charge is 0.437 e. The summed E-state index contributed by atoms with van der Waals surface area (Å²) in [6.45, 7) is 0. The summed E-state index contributed by atoms with van der Waals surface area (Å²) in [4.78, 5) is 0.